The number of nitrogens with zero attached hydrogens (tertiary/aromatic N) is 2. The van der Waals surface area contributed by atoms with E-state index in [1.165, 1.54) is 0 Å². The molecule has 0 radical (unpaired) electrons. The van der Waals surface area contributed by atoms with Crippen molar-refractivity contribution in [3.05, 3.63) is 29.8 Å². The number of benzene rings is 1. The Balaban J connectivity index is 2.05. The van der Waals surface area contributed by atoms with Gasteiger partial charge in [0, 0.05) is 31.4 Å². The molecule has 1 N–H and O–H groups in total. The first-order valence-corrected chi connectivity index (χ1v) is 7.75. The number of carboxylic acids is 1. The lowest BCUT2D eigenvalue weighted by Crippen LogP contribution is -2.55. The van der Waals surface area contributed by atoms with Gasteiger partial charge in [-0.3, -0.25) is 0 Å². The molecular weight excluding hydrogens is 296 g/mol. The van der Waals surface area contributed by atoms with Gasteiger partial charge in [0.05, 0.1) is 5.56 Å². The number of carboxylic acid groups (broad SMARTS) is 1. The van der Waals surface area contributed by atoms with E-state index in [0.717, 1.165) is 5.69 Å². The van der Waals surface area contributed by atoms with E-state index in [2.05, 4.69) is 4.90 Å². The van der Waals surface area contributed by atoms with Gasteiger partial charge >= 0.3 is 12.1 Å². The summed E-state index contributed by atoms with van der Waals surface area (Å²) in [5.41, 5.74) is 0.620. The summed E-state index contributed by atoms with van der Waals surface area (Å²) < 4.78 is 5.43. The van der Waals surface area contributed by atoms with Crippen LogP contribution in [0.3, 0.4) is 0 Å². The van der Waals surface area contributed by atoms with Crippen LogP contribution in [-0.4, -0.2) is 53.3 Å². The van der Waals surface area contributed by atoms with E-state index in [0.29, 0.717) is 19.6 Å². The van der Waals surface area contributed by atoms with E-state index in [-0.39, 0.29) is 17.7 Å². The molecule has 2 rings (SSSR count). The topological polar surface area (TPSA) is 70.1 Å². The number of hydrogen-bond donors (Lipinski definition) is 1. The summed E-state index contributed by atoms with van der Waals surface area (Å²) in [5.74, 6) is -0.938. The fraction of sp³-hybridized carbons (Fsp3) is 0.529. The minimum atomic E-state index is -0.938. The number of rotatable bonds is 2. The number of aromatic carboxylic acids is 1. The van der Waals surface area contributed by atoms with Crippen molar-refractivity contribution in [1.82, 2.24) is 4.90 Å². The molecule has 1 fully saturated rings. The van der Waals surface area contributed by atoms with Crippen LogP contribution in [-0.2, 0) is 4.74 Å². The summed E-state index contributed by atoms with van der Waals surface area (Å²) in [6, 6.07) is 6.86. The Hall–Kier alpha value is -2.24. The van der Waals surface area contributed by atoms with Crippen LogP contribution in [0.25, 0.3) is 0 Å². The smallest absolute Gasteiger partial charge is 0.410 e. The molecule has 0 aromatic heterocycles. The number of carbonyl (C=O) groups excluding carboxylic acids is 1. The third kappa shape index (κ3) is 4.37. The van der Waals surface area contributed by atoms with E-state index in [9.17, 15) is 9.59 Å². The van der Waals surface area contributed by atoms with Gasteiger partial charge in [-0.2, -0.15) is 0 Å². The van der Waals surface area contributed by atoms with Crippen LogP contribution >= 0.6 is 0 Å². The molecule has 1 amide bonds. The molecule has 0 bridgehead atoms. The predicted molar refractivity (Wildman–Crippen MR) is 88.0 cm³/mol. The number of ether oxygens (including phenoxy) is 1. The molecule has 1 aromatic carbocycles. The van der Waals surface area contributed by atoms with Gasteiger partial charge in [0.15, 0.2) is 0 Å². The SMILES string of the molecule is C[C@@H]1CN(c2cccc(C(=O)O)c2)CCN1C(=O)OC(C)(C)C. The Morgan fingerprint density at radius 3 is 2.52 bits per heavy atom. The quantitative estimate of drug-likeness (QED) is 0.907. The normalized spacial score (nSPS) is 18.7. The highest BCUT2D eigenvalue weighted by atomic mass is 16.6. The van der Waals surface area contributed by atoms with Crippen molar-refractivity contribution in [3.8, 4) is 0 Å². The molecule has 0 unspecified atom stereocenters. The van der Waals surface area contributed by atoms with Crippen LogP contribution in [0.4, 0.5) is 10.5 Å². The number of piperazine rings is 1. The molecule has 0 aliphatic carbocycles. The Kier molecular flexibility index (Phi) is 4.82. The number of amides is 1. The molecule has 1 saturated heterocycles. The van der Waals surface area contributed by atoms with E-state index in [1.807, 2.05) is 33.8 Å². The molecule has 1 atom stereocenters. The lowest BCUT2D eigenvalue weighted by Gasteiger charge is -2.41. The van der Waals surface area contributed by atoms with Gasteiger partial charge in [-0.15, -0.1) is 0 Å². The average Bonchev–Trinajstić information content (AvgIpc) is 2.45. The molecule has 1 aliphatic heterocycles. The number of carbonyl (C=O) groups is 2. The second-order valence-electron chi connectivity index (χ2n) is 6.82. The standard InChI is InChI=1S/C17H24N2O4/c1-12-11-18(14-7-5-6-13(10-14)15(20)21)8-9-19(12)16(22)23-17(2,3)4/h5-7,10,12H,8-9,11H2,1-4H3,(H,20,21)/t12-/m1/s1. The predicted octanol–water partition coefficient (Wildman–Crippen LogP) is 2.83. The average molecular weight is 320 g/mol. The maximum Gasteiger partial charge on any atom is 0.410 e. The van der Waals surface area contributed by atoms with Gasteiger partial charge in [0.25, 0.3) is 0 Å². The molecule has 1 aromatic rings. The maximum absolute atomic E-state index is 12.2. The highest BCUT2D eigenvalue weighted by molar-refractivity contribution is 5.88. The van der Waals surface area contributed by atoms with E-state index in [1.54, 1.807) is 23.1 Å². The molecule has 6 nitrogen and oxygen atoms in total. The van der Waals surface area contributed by atoms with Gasteiger partial charge in [-0.25, -0.2) is 9.59 Å². The van der Waals surface area contributed by atoms with E-state index in [4.69, 9.17) is 9.84 Å². The summed E-state index contributed by atoms with van der Waals surface area (Å²) >= 11 is 0. The minimum Gasteiger partial charge on any atom is -0.478 e. The van der Waals surface area contributed by atoms with Crippen molar-refractivity contribution in [2.45, 2.75) is 39.3 Å². The molecule has 0 spiro atoms. The van der Waals surface area contributed by atoms with Gasteiger partial charge in [-0.1, -0.05) is 6.07 Å². The summed E-state index contributed by atoms with van der Waals surface area (Å²) in [4.78, 5) is 27.1. The van der Waals surface area contributed by atoms with Crippen molar-refractivity contribution >= 4 is 17.7 Å². The highest BCUT2D eigenvalue weighted by Gasteiger charge is 2.31. The largest absolute Gasteiger partial charge is 0.478 e. The molecule has 0 saturated carbocycles. The van der Waals surface area contributed by atoms with E-state index >= 15 is 0 Å². The summed E-state index contributed by atoms with van der Waals surface area (Å²) in [6.45, 7) is 9.36. The van der Waals surface area contributed by atoms with Crippen molar-refractivity contribution < 1.29 is 19.4 Å². The second kappa shape index (κ2) is 6.48. The summed E-state index contributed by atoms with van der Waals surface area (Å²) in [6.07, 6.45) is -0.302. The van der Waals surface area contributed by atoms with Crippen LogP contribution in [0.15, 0.2) is 24.3 Å². The molecular formula is C17H24N2O4. The van der Waals surface area contributed by atoms with Crippen LogP contribution < -0.4 is 4.90 Å². The van der Waals surface area contributed by atoms with E-state index < -0.39 is 11.6 Å². The van der Waals surface area contributed by atoms with Crippen LogP contribution in [0.5, 0.6) is 0 Å². The zero-order valence-electron chi connectivity index (χ0n) is 14.1. The van der Waals surface area contributed by atoms with Crippen molar-refractivity contribution in [1.29, 1.82) is 0 Å². The van der Waals surface area contributed by atoms with Crippen LogP contribution in [0, 0.1) is 0 Å². The summed E-state index contributed by atoms with van der Waals surface area (Å²) in [7, 11) is 0. The summed E-state index contributed by atoms with van der Waals surface area (Å²) in [5, 5.41) is 9.09. The fourth-order valence-electron chi connectivity index (χ4n) is 2.62. The lowest BCUT2D eigenvalue weighted by molar-refractivity contribution is 0.0159. The van der Waals surface area contributed by atoms with Crippen molar-refractivity contribution in [3.63, 3.8) is 0 Å². The first kappa shape index (κ1) is 17.1. The van der Waals surface area contributed by atoms with Crippen LogP contribution in [0.2, 0.25) is 0 Å². The zero-order valence-corrected chi connectivity index (χ0v) is 14.1. The first-order valence-electron chi connectivity index (χ1n) is 7.75. The third-order valence-corrected chi connectivity index (χ3v) is 3.71. The lowest BCUT2D eigenvalue weighted by atomic mass is 10.1. The zero-order chi connectivity index (χ0) is 17.2. The van der Waals surface area contributed by atoms with Crippen LogP contribution in [0.1, 0.15) is 38.1 Å². The molecule has 1 heterocycles. The first-order chi connectivity index (χ1) is 10.7. The van der Waals surface area contributed by atoms with Gasteiger partial charge in [-0.05, 0) is 45.9 Å². The van der Waals surface area contributed by atoms with Gasteiger partial charge in [0.1, 0.15) is 5.60 Å². The Morgan fingerprint density at radius 2 is 1.96 bits per heavy atom. The Morgan fingerprint density at radius 1 is 1.26 bits per heavy atom. The molecule has 1 aliphatic rings. The fourth-order valence-corrected chi connectivity index (χ4v) is 2.62. The second-order valence-corrected chi connectivity index (χ2v) is 6.82. The van der Waals surface area contributed by atoms with Crippen molar-refractivity contribution in [2.24, 2.45) is 0 Å². The minimum absolute atomic E-state index is 0.00733. The number of anilines is 1. The van der Waals surface area contributed by atoms with Gasteiger partial charge in [0.2, 0.25) is 0 Å². The Labute approximate surface area is 136 Å². The number of hydrogen-bond acceptors (Lipinski definition) is 4. The maximum atomic E-state index is 12.2. The third-order valence-electron chi connectivity index (χ3n) is 3.71. The molecule has 23 heavy (non-hydrogen) atoms. The molecule has 6 heteroatoms. The molecule has 126 valence electrons. The Bertz CT molecular complexity index is 595. The van der Waals surface area contributed by atoms with Crippen molar-refractivity contribution in [2.75, 3.05) is 24.5 Å². The monoisotopic (exact) mass is 320 g/mol. The van der Waals surface area contributed by atoms with Gasteiger partial charge < -0.3 is 19.6 Å². The highest BCUT2D eigenvalue weighted by Crippen LogP contribution is 2.22.